The van der Waals surface area contributed by atoms with E-state index in [-0.39, 0.29) is 0 Å². The molecule has 7 nitrogen and oxygen atoms in total. The van der Waals surface area contributed by atoms with Crippen LogP contribution in [-0.4, -0.2) is 33.9 Å². The molecule has 0 aliphatic carbocycles. The molecule has 0 fully saturated rings. The molecule has 0 saturated carbocycles. The van der Waals surface area contributed by atoms with Crippen molar-refractivity contribution in [3.8, 4) is 5.75 Å². The van der Waals surface area contributed by atoms with Crippen LogP contribution in [-0.2, 0) is 13.1 Å². The molecule has 24 heavy (non-hydrogen) atoms. The van der Waals surface area contributed by atoms with Crippen LogP contribution in [0, 0.1) is 0 Å². The Morgan fingerprint density at radius 2 is 2.17 bits per heavy atom. The second kappa shape index (κ2) is 6.35. The lowest BCUT2D eigenvalue weighted by atomic mass is 9.93. The summed E-state index contributed by atoms with van der Waals surface area (Å²) in [6, 6.07) is 12.0. The highest BCUT2D eigenvalue weighted by Crippen LogP contribution is 2.34. The largest absolute Gasteiger partial charge is 0.493 e. The molecule has 1 aliphatic heterocycles. The van der Waals surface area contributed by atoms with E-state index in [1.807, 2.05) is 47.0 Å². The van der Waals surface area contributed by atoms with Crippen LogP contribution in [0.1, 0.15) is 23.7 Å². The molecule has 3 heterocycles. The maximum Gasteiger partial charge on any atom is 0.245 e. The predicted octanol–water partition coefficient (Wildman–Crippen LogP) is 2.47. The quantitative estimate of drug-likeness (QED) is 0.718. The van der Waals surface area contributed by atoms with Gasteiger partial charge in [-0.05, 0) is 40.6 Å². The Hall–Kier alpha value is -2.83. The second-order valence-corrected chi connectivity index (χ2v) is 5.97. The number of aromatic nitrogens is 4. The highest BCUT2D eigenvalue weighted by molar-refractivity contribution is 5.38. The number of para-hydroxylation sites is 1. The van der Waals surface area contributed by atoms with Gasteiger partial charge in [0.1, 0.15) is 11.5 Å². The lowest BCUT2D eigenvalue weighted by Gasteiger charge is -2.26. The minimum Gasteiger partial charge on any atom is -0.493 e. The minimum absolute atomic E-state index is 0.342. The molecule has 4 rings (SSSR count). The third-order valence-corrected chi connectivity index (χ3v) is 4.30. The number of anilines is 1. The molecule has 1 unspecified atom stereocenters. The van der Waals surface area contributed by atoms with E-state index in [9.17, 15) is 0 Å². The summed E-state index contributed by atoms with van der Waals surface area (Å²) >= 11 is 0. The van der Waals surface area contributed by atoms with Crippen molar-refractivity contribution >= 4 is 5.95 Å². The highest BCUT2D eigenvalue weighted by Gasteiger charge is 2.24. The van der Waals surface area contributed by atoms with Crippen LogP contribution >= 0.6 is 0 Å². The van der Waals surface area contributed by atoms with Crippen LogP contribution in [0.2, 0.25) is 0 Å². The number of fused-ring (bicyclic) bond motifs is 1. The van der Waals surface area contributed by atoms with Gasteiger partial charge in [-0.1, -0.05) is 23.3 Å². The Morgan fingerprint density at radius 3 is 3.04 bits per heavy atom. The summed E-state index contributed by atoms with van der Waals surface area (Å²) in [6.45, 7) is 2.07. The lowest BCUT2D eigenvalue weighted by Crippen LogP contribution is -2.24. The summed E-state index contributed by atoms with van der Waals surface area (Å²) in [5, 5.41) is 12.2. The first-order valence-corrected chi connectivity index (χ1v) is 8.02. The van der Waals surface area contributed by atoms with E-state index < -0.39 is 0 Å². The molecule has 0 amide bonds. The van der Waals surface area contributed by atoms with Gasteiger partial charge in [0.05, 0.1) is 26.0 Å². The molecular weight excluding hydrogens is 306 g/mol. The predicted molar refractivity (Wildman–Crippen MR) is 87.9 cm³/mol. The Morgan fingerprint density at radius 1 is 1.25 bits per heavy atom. The molecule has 2 aromatic heterocycles. The SMILES string of the molecule is CN(Cc1ccco1)c1nnnn1CC1CCOc2ccccc21. The van der Waals surface area contributed by atoms with Gasteiger partial charge in [0, 0.05) is 13.0 Å². The van der Waals surface area contributed by atoms with Gasteiger partial charge in [-0.2, -0.15) is 0 Å². The molecule has 0 radical (unpaired) electrons. The molecule has 0 bridgehead atoms. The number of ether oxygens (including phenoxy) is 1. The Balaban J connectivity index is 1.53. The number of hydrogen-bond donors (Lipinski definition) is 0. The molecule has 0 saturated heterocycles. The van der Waals surface area contributed by atoms with Gasteiger partial charge in [-0.3, -0.25) is 0 Å². The summed E-state index contributed by atoms with van der Waals surface area (Å²) in [6.07, 6.45) is 2.63. The average Bonchev–Trinajstić information content (AvgIpc) is 3.27. The minimum atomic E-state index is 0.342. The monoisotopic (exact) mass is 325 g/mol. The van der Waals surface area contributed by atoms with E-state index in [1.165, 1.54) is 5.56 Å². The molecular formula is C17H19N5O2. The summed E-state index contributed by atoms with van der Waals surface area (Å²) in [7, 11) is 1.96. The highest BCUT2D eigenvalue weighted by atomic mass is 16.5. The van der Waals surface area contributed by atoms with Gasteiger partial charge in [-0.15, -0.1) is 0 Å². The normalized spacial score (nSPS) is 16.5. The first-order valence-electron chi connectivity index (χ1n) is 8.02. The Kier molecular flexibility index (Phi) is 3.90. The molecule has 1 atom stereocenters. The van der Waals surface area contributed by atoms with E-state index in [1.54, 1.807) is 6.26 Å². The van der Waals surface area contributed by atoms with Crippen LogP contribution in [0.15, 0.2) is 47.1 Å². The topological polar surface area (TPSA) is 69.2 Å². The van der Waals surface area contributed by atoms with Gasteiger partial charge >= 0.3 is 0 Å². The van der Waals surface area contributed by atoms with E-state index >= 15 is 0 Å². The molecule has 0 spiro atoms. The first-order chi connectivity index (χ1) is 11.8. The standard InChI is InChI=1S/C17H19N5O2/c1-21(12-14-5-4-9-23-14)17-18-19-20-22(17)11-13-8-10-24-16-7-3-2-6-15(13)16/h2-7,9,13H,8,10-12H2,1H3. The third-order valence-electron chi connectivity index (χ3n) is 4.30. The Bertz CT molecular complexity index is 799. The van der Waals surface area contributed by atoms with Crippen LogP contribution in [0.4, 0.5) is 5.95 Å². The molecule has 7 heteroatoms. The van der Waals surface area contributed by atoms with Crippen molar-refractivity contribution in [2.24, 2.45) is 0 Å². The molecule has 124 valence electrons. The number of nitrogens with zero attached hydrogens (tertiary/aromatic N) is 5. The van der Waals surface area contributed by atoms with E-state index in [4.69, 9.17) is 9.15 Å². The Labute approximate surface area is 139 Å². The maximum atomic E-state index is 5.74. The van der Waals surface area contributed by atoms with Gasteiger partial charge in [0.2, 0.25) is 5.95 Å². The smallest absolute Gasteiger partial charge is 0.245 e. The van der Waals surface area contributed by atoms with Gasteiger partial charge < -0.3 is 14.1 Å². The van der Waals surface area contributed by atoms with Crippen molar-refractivity contribution in [2.45, 2.75) is 25.4 Å². The maximum absolute atomic E-state index is 5.74. The van der Waals surface area contributed by atoms with Gasteiger partial charge in [-0.25, -0.2) is 4.68 Å². The van der Waals surface area contributed by atoms with E-state index in [0.717, 1.165) is 37.0 Å². The van der Waals surface area contributed by atoms with Crippen LogP contribution in [0.3, 0.4) is 0 Å². The molecule has 0 N–H and O–H groups in total. The van der Waals surface area contributed by atoms with Gasteiger partial charge in [0.15, 0.2) is 0 Å². The van der Waals surface area contributed by atoms with Crippen LogP contribution in [0.25, 0.3) is 0 Å². The fourth-order valence-electron chi connectivity index (χ4n) is 3.11. The average molecular weight is 325 g/mol. The zero-order valence-electron chi connectivity index (χ0n) is 13.5. The van der Waals surface area contributed by atoms with Crippen molar-refractivity contribution in [1.29, 1.82) is 0 Å². The van der Waals surface area contributed by atoms with Crippen LogP contribution in [0.5, 0.6) is 5.75 Å². The summed E-state index contributed by atoms with van der Waals surface area (Å²) < 4.78 is 13.0. The van der Waals surface area contributed by atoms with Gasteiger partial charge in [0.25, 0.3) is 0 Å². The molecule has 1 aliphatic rings. The van der Waals surface area contributed by atoms with Crippen molar-refractivity contribution in [1.82, 2.24) is 20.2 Å². The molecule has 3 aromatic rings. The fourth-order valence-corrected chi connectivity index (χ4v) is 3.11. The summed E-state index contributed by atoms with van der Waals surface area (Å²) in [4.78, 5) is 1.99. The molecule has 1 aromatic carbocycles. The first kappa shape index (κ1) is 14.7. The van der Waals surface area contributed by atoms with Crippen molar-refractivity contribution in [3.63, 3.8) is 0 Å². The van der Waals surface area contributed by atoms with Crippen molar-refractivity contribution in [3.05, 3.63) is 54.0 Å². The number of benzene rings is 1. The zero-order valence-corrected chi connectivity index (χ0v) is 13.5. The van der Waals surface area contributed by atoms with E-state index in [2.05, 4.69) is 21.6 Å². The summed E-state index contributed by atoms with van der Waals surface area (Å²) in [5.74, 6) is 2.92. The fraction of sp³-hybridized carbons (Fsp3) is 0.353. The second-order valence-electron chi connectivity index (χ2n) is 5.97. The number of tetrazole rings is 1. The van der Waals surface area contributed by atoms with Crippen LogP contribution < -0.4 is 9.64 Å². The van der Waals surface area contributed by atoms with Crippen molar-refractivity contribution < 1.29 is 9.15 Å². The zero-order chi connectivity index (χ0) is 16.4. The van der Waals surface area contributed by atoms with Crippen molar-refractivity contribution in [2.75, 3.05) is 18.6 Å². The number of furan rings is 1. The number of rotatable bonds is 5. The lowest BCUT2D eigenvalue weighted by molar-refractivity contribution is 0.256. The third kappa shape index (κ3) is 2.84. The summed E-state index contributed by atoms with van der Waals surface area (Å²) in [5.41, 5.74) is 1.22. The number of hydrogen-bond acceptors (Lipinski definition) is 6. The van der Waals surface area contributed by atoms with E-state index in [0.29, 0.717) is 12.5 Å².